The Hall–Kier alpha value is -0.650. The molecule has 2 rings (SSSR count). The third kappa shape index (κ3) is 5.89. The second-order valence-electron chi connectivity index (χ2n) is 5.44. The smallest absolute Gasteiger partial charge is 0.332 e. The van der Waals surface area contributed by atoms with E-state index in [1.807, 2.05) is 0 Å². The fourth-order valence-corrected chi connectivity index (χ4v) is 2.41. The van der Waals surface area contributed by atoms with Crippen molar-refractivity contribution in [3.8, 4) is 0 Å². The van der Waals surface area contributed by atoms with Gasteiger partial charge in [0.25, 0.3) is 0 Å². The molecule has 2 aliphatic rings. The van der Waals surface area contributed by atoms with Gasteiger partial charge in [-0.1, -0.05) is 0 Å². The first-order valence-corrected chi connectivity index (χ1v) is 7.46. The predicted octanol–water partition coefficient (Wildman–Crippen LogP) is 0.594. The number of hydrogen-bond acceptors (Lipinski definition) is 5. The van der Waals surface area contributed by atoms with Crippen LogP contribution in [0.5, 0.6) is 0 Å². The van der Waals surface area contributed by atoms with Gasteiger partial charge in [-0.15, -0.1) is 0 Å². The van der Waals surface area contributed by atoms with Gasteiger partial charge in [-0.2, -0.15) is 0 Å². The van der Waals surface area contributed by atoms with E-state index in [2.05, 4.69) is 9.80 Å². The van der Waals surface area contributed by atoms with Crippen molar-refractivity contribution < 1.29 is 14.3 Å². The van der Waals surface area contributed by atoms with Crippen molar-refractivity contribution in [2.45, 2.75) is 19.8 Å². The summed E-state index contributed by atoms with van der Waals surface area (Å²) >= 11 is 0. The highest BCUT2D eigenvalue weighted by molar-refractivity contribution is 5.70. The molecule has 19 heavy (non-hydrogen) atoms. The molecular weight excluding hydrogens is 244 g/mol. The number of ether oxygens (including phenoxy) is 2. The van der Waals surface area contributed by atoms with Gasteiger partial charge < -0.3 is 14.4 Å². The van der Waals surface area contributed by atoms with E-state index >= 15 is 0 Å². The Bertz CT molecular complexity index is 274. The SMILES string of the molecule is CCOC(=O)COCCN1CCN(CC2CC2)CC1. The summed E-state index contributed by atoms with van der Waals surface area (Å²) in [6, 6.07) is 0. The van der Waals surface area contributed by atoms with E-state index < -0.39 is 0 Å². The molecule has 0 aromatic carbocycles. The van der Waals surface area contributed by atoms with Crippen molar-refractivity contribution in [3.05, 3.63) is 0 Å². The number of carbonyl (C=O) groups is 1. The fourth-order valence-electron chi connectivity index (χ4n) is 2.41. The van der Waals surface area contributed by atoms with Gasteiger partial charge in [-0.05, 0) is 25.7 Å². The van der Waals surface area contributed by atoms with Gasteiger partial charge in [0.2, 0.25) is 0 Å². The van der Waals surface area contributed by atoms with Gasteiger partial charge in [0, 0.05) is 39.3 Å². The average Bonchev–Trinajstić information content (AvgIpc) is 3.21. The lowest BCUT2D eigenvalue weighted by molar-refractivity contribution is -0.148. The van der Waals surface area contributed by atoms with Gasteiger partial charge >= 0.3 is 5.97 Å². The highest BCUT2D eigenvalue weighted by Crippen LogP contribution is 2.29. The van der Waals surface area contributed by atoms with E-state index in [1.165, 1.54) is 32.5 Å². The van der Waals surface area contributed by atoms with Crippen molar-refractivity contribution in [1.29, 1.82) is 0 Å². The van der Waals surface area contributed by atoms with Gasteiger partial charge in [0.05, 0.1) is 13.2 Å². The number of piperazine rings is 1. The monoisotopic (exact) mass is 270 g/mol. The maximum atomic E-state index is 11.1. The van der Waals surface area contributed by atoms with E-state index in [0.29, 0.717) is 13.2 Å². The Labute approximate surface area is 115 Å². The van der Waals surface area contributed by atoms with Crippen molar-refractivity contribution in [2.24, 2.45) is 5.92 Å². The Morgan fingerprint density at radius 3 is 2.47 bits per heavy atom. The third-order valence-corrected chi connectivity index (χ3v) is 3.76. The summed E-state index contributed by atoms with van der Waals surface area (Å²) in [5.74, 6) is 0.719. The Balaban J connectivity index is 1.47. The van der Waals surface area contributed by atoms with Gasteiger partial charge in [-0.25, -0.2) is 4.79 Å². The van der Waals surface area contributed by atoms with Crippen LogP contribution in [-0.2, 0) is 14.3 Å². The highest BCUT2D eigenvalue weighted by Gasteiger charge is 2.26. The molecule has 2 fully saturated rings. The summed E-state index contributed by atoms with van der Waals surface area (Å²) in [5, 5.41) is 0. The van der Waals surface area contributed by atoms with E-state index in [4.69, 9.17) is 9.47 Å². The summed E-state index contributed by atoms with van der Waals surface area (Å²) in [5.41, 5.74) is 0. The molecule has 1 saturated carbocycles. The Morgan fingerprint density at radius 2 is 1.84 bits per heavy atom. The largest absolute Gasteiger partial charge is 0.464 e. The molecule has 0 bridgehead atoms. The van der Waals surface area contributed by atoms with E-state index in [1.54, 1.807) is 6.92 Å². The van der Waals surface area contributed by atoms with Crippen molar-refractivity contribution >= 4 is 5.97 Å². The standard InChI is InChI=1S/C14H26N2O3/c1-2-19-14(17)12-18-10-9-15-5-7-16(8-6-15)11-13-3-4-13/h13H,2-12H2,1H3. The molecule has 1 heterocycles. The molecule has 0 N–H and O–H groups in total. The quantitative estimate of drug-likeness (QED) is 0.477. The molecule has 0 atom stereocenters. The van der Waals surface area contributed by atoms with Crippen LogP contribution in [0.15, 0.2) is 0 Å². The number of carbonyl (C=O) groups excluding carboxylic acids is 1. The minimum Gasteiger partial charge on any atom is -0.464 e. The zero-order valence-corrected chi connectivity index (χ0v) is 12.0. The molecule has 110 valence electrons. The molecule has 5 heteroatoms. The summed E-state index contributed by atoms with van der Waals surface area (Å²) in [4.78, 5) is 16.1. The minimum atomic E-state index is -0.267. The topological polar surface area (TPSA) is 42.0 Å². The van der Waals surface area contributed by atoms with Crippen LogP contribution in [0.3, 0.4) is 0 Å². The number of hydrogen-bond donors (Lipinski definition) is 0. The van der Waals surface area contributed by atoms with E-state index in [-0.39, 0.29) is 12.6 Å². The van der Waals surface area contributed by atoms with Crippen LogP contribution >= 0.6 is 0 Å². The van der Waals surface area contributed by atoms with Gasteiger partial charge in [0.1, 0.15) is 6.61 Å². The molecular formula is C14H26N2O3. The lowest BCUT2D eigenvalue weighted by Gasteiger charge is -2.34. The van der Waals surface area contributed by atoms with Crippen molar-refractivity contribution in [3.63, 3.8) is 0 Å². The second kappa shape index (κ2) is 7.82. The van der Waals surface area contributed by atoms with E-state index in [0.717, 1.165) is 25.6 Å². The normalized spacial score (nSPS) is 21.5. The predicted molar refractivity (Wildman–Crippen MR) is 73.1 cm³/mol. The molecule has 0 aromatic heterocycles. The zero-order valence-electron chi connectivity index (χ0n) is 12.0. The molecule has 0 unspecified atom stereocenters. The molecule has 1 saturated heterocycles. The van der Waals surface area contributed by atoms with Crippen LogP contribution in [0.2, 0.25) is 0 Å². The first-order valence-electron chi connectivity index (χ1n) is 7.46. The summed E-state index contributed by atoms with van der Waals surface area (Å²) in [7, 11) is 0. The van der Waals surface area contributed by atoms with Crippen LogP contribution < -0.4 is 0 Å². The fraction of sp³-hybridized carbons (Fsp3) is 0.929. The van der Waals surface area contributed by atoms with Crippen molar-refractivity contribution in [1.82, 2.24) is 9.80 Å². The van der Waals surface area contributed by atoms with Crippen LogP contribution in [0.4, 0.5) is 0 Å². The van der Waals surface area contributed by atoms with Crippen LogP contribution in [-0.4, -0.2) is 74.9 Å². The molecule has 0 spiro atoms. The van der Waals surface area contributed by atoms with Crippen LogP contribution in [0.1, 0.15) is 19.8 Å². The number of esters is 1. The maximum absolute atomic E-state index is 11.1. The molecule has 0 amide bonds. The zero-order chi connectivity index (χ0) is 13.5. The molecule has 5 nitrogen and oxygen atoms in total. The highest BCUT2D eigenvalue weighted by atomic mass is 16.6. The summed E-state index contributed by atoms with van der Waals surface area (Å²) in [6.07, 6.45) is 2.86. The lowest BCUT2D eigenvalue weighted by atomic mass is 10.3. The first-order chi connectivity index (χ1) is 9.28. The summed E-state index contributed by atoms with van der Waals surface area (Å²) < 4.78 is 10.1. The number of rotatable bonds is 8. The van der Waals surface area contributed by atoms with Gasteiger partial charge in [-0.3, -0.25) is 4.90 Å². The lowest BCUT2D eigenvalue weighted by Crippen LogP contribution is -2.47. The maximum Gasteiger partial charge on any atom is 0.332 e. The number of nitrogens with zero attached hydrogens (tertiary/aromatic N) is 2. The van der Waals surface area contributed by atoms with Gasteiger partial charge in [0.15, 0.2) is 0 Å². The van der Waals surface area contributed by atoms with Crippen LogP contribution in [0.25, 0.3) is 0 Å². The van der Waals surface area contributed by atoms with E-state index in [9.17, 15) is 4.79 Å². The molecule has 1 aliphatic heterocycles. The third-order valence-electron chi connectivity index (χ3n) is 3.76. The molecule has 0 aromatic rings. The minimum absolute atomic E-state index is 0.0789. The second-order valence-corrected chi connectivity index (χ2v) is 5.44. The van der Waals surface area contributed by atoms with Crippen LogP contribution in [0, 0.1) is 5.92 Å². The molecule has 1 aliphatic carbocycles. The Morgan fingerprint density at radius 1 is 1.16 bits per heavy atom. The Kier molecular flexibility index (Phi) is 6.07. The summed E-state index contributed by atoms with van der Waals surface area (Å²) in [6.45, 7) is 9.72. The van der Waals surface area contributed by atoms with Crippen molar-refractivity contribution in [2.75, 3.05) is 59.1 Å². The first kappa shape index (κ1) is 14.8. The average molecular weight is 270 g/mol. The molecule has 0 radical (unpaired) electrons.